The summed E-state index contributed by atoms with van der Waals surface area (Å²) in [4.78, 5) is 4.41. The van der Waals surface area contributed by atoms with E-state index in [1.165, 1.54) is 10.4 Å². The number of halogens is 1. The Morgan fingerprint density at radius 2 is 2.00 bits per heavy atom. The lowest BCUT2D eigenvalue weighted by Gasteiger charge is -2.24. The fraction of sp³-hybridized carbons (Fsp3) is 0.333. The Morgan fingerprint density at radius 3 is 2.50 bits per heavy atom. The molecule has 20 heavy (non-hydrogen) atoms. The lowest BCUT2D eigenvalue weighted by Crippen LogP contribution is -2.21. The number of hydrogen-bond donors (Lipinski definition) is 0. The van der Waals surface area contributed by atoms with Crippen LogP contribution in [0.5, 0.6) is 0 Å². The summed E-state index contributed by atoms with van der Waals surface area (Å²) in [6.45, 7) is 3.05. The monoisotopic (exact) mass is 327 g/mol. The third kappa shape index (κ3) is 3.92. The number of nitrogens with zero attached hydrogens (tertiary/aromatic N) is 1. The molecular formula is C15H18ClNOS2. The van der Waals surface area contributed by atoms with E-state index in [0.29, 0.717) is 6.04 Å². The van der Waals surface area contributed by atoms with E-state index in [1.807, 2.05) is 23.6 Å². The molecule has 0 aliphatic rings. The predicted molar refractivity (Wildman–Crippen MR) is 88.0 cm³/mol. The molecule has 0 aliphatic carbocycles. The van der Waals surface area contributed by atoms with Gasteiger partial charge < -0.3 is 0 Å². The zero-order valence-corrected chi connectivity index (χ0v) is 14.2. The minimum absolute atomic E-state index is 0.301. The molecule has 2 rings (SSSR count). The maximum atomic E-state index is 11.4. The summed E-state index contributed by atoms with van der Waals surface area (Å²) < 4.78 is 11.4. The van der Waals surface area contributed by atoms with Gasteiger partial charge in [-0.1, -0.05) is 23.7 Å². The molecule has 0 amide bonds. The summed E-state index contributed by atoms with van der Waals surface area (Å²) in [5.41, 5.74) is 1.23. The molecule has 0 radical (unpaired) electrons. The molecule has 1 heterocycles. The van der Waals surface area contributed by atoms with Crippen LogP contribution in [0.2, 0.25) is 5.02 Å². The van der Waals surface area contributed by atoms with Crippen LogP contribution in [-0.4, -0.2) is 22.4 Å². The highest BCUT2D eigenvalue weighted by Crippen LogP contribution is 2.25. The van der Waals surface area contributed by atoms with Crippen molar-refractivity contribution in [1.82, 2.24) is 4.90 Å². The van der Waals surface area contributed by atoms with Crippen LogP contribution in [0.3, 0.4) is 0 Å². The van der Waals surface area contributed by atoms with Crippen molar-refractivity contribution in [3.8, 4) is 0 Å². The van der Waals surface area contributed by atoms with Crippen molar-refractivity contribution in [3.63, 3.8) is 0 Å². The molecule has 2 aromatic rings. The summed E-state index contributed by atoms with van der Waals surface area (Å²) in [5, 5.41) is 2.77. The minimum Gasteiger partial charge on any atom is -0.295 e. The van der Waals surface area contributed by atoms with Gasteiger partial charge in [0.25, 0.3) is 0 Å². The van der Waals surface area contributed by atoms with Crippen molar-refractivity contribution in [2.45, 2.75) is 24.4 Å². The van der Waals surface area contributed by atoms with Gasteiger partial charge in [0.05, 0.1) is 5.02 Å². The van der Waals surface area contributed by atoms with Crippen LogP contribution in [0.1, 0.15) is 23.4 Å². The molecule has 0 spiro atoms. The molecule has 0 saturated heterocycles. The van der Waals surface area contributed by atoms with Gasteiger partial charge in [-0.3, -0.25) is 9.11 Å². The van der Waals surface area contributed by atoms with E-state index in [4.69, 9.17) is 11.6 Å². The van der Waals surface area contributed by atoms with Crippen LogP contribution < -0.4 is 0 Å². The van der Waals surface area contributed by atoms with Crippen LogP contribution in [0, 0.1) is 0 Å². The van der Waals surface area contributed by atoms with Gasteiger partial charge in [-0.05, 0) is 37.7 Å². The Bertz CT molecular complexity index is 594. The highest BCUT2D eigenvalue weighted by Gasteiger charge is 2.13. The smallest absolute Gasteiger partial charge is 0.0516 e. The van der Waals surface area contributed by atoms with Crippen molar-refractivity contribution in [1.29, 1.82) is 0 Å². The number of rotatable bonds is 5. The molecule has 5 heteroatoms. The van der Waals surface area contributed by atoms with Gasteiger partial charge >= 0.3 is 0 Å². The molecule has 0 saturated carbocycles. The molecule has 2 atom stereocenters. The first-order chi connectivity index (χ1) is 9.47. The molecule has 0 N–H and O–H groups in total. The lowest BCUT2D eigenvalue weighted by molar-refractivity contribution is 0.255. The largest absolute Gasteiger partial charge is 0.295 e. The van der Waals surface area contributed by atoms with E-state index in [2.05, 4.69) is 31.0 Å². The normalized spacial score (nSPS) is 14.4. The zero-order valence-electron chi connectivity index (χ0n) is 11.8. The fourth-order valence-corrected chi connectivity index (χ4v) is 3.67. The van der Waals surface area contributed by atoms with Gasteiger partial charge in [-0.2, -0.15) is 0 Å². The molecule has 0 fully saturated rings. The van der Waals surface area contributed by atoms with E-state index in [1.54, 1.807) is 17.6 Å². The molecule has 1 aromatic carbocycles. The summed E-state index contributed by atoms with van der Waals surface area (Å²) in [6, 6.07) is 10.3. The Kier molecular flexibility index (Phi) is 5.38. The predicted octanol–water partition coefficient (Wildman–Crippen LogP) is 4.33. The summed E-state index contributed by atoms with van der Waals surface area (Å²) in [7, 11) is 1.18. The van der Waals surface area contributed by atoms with Crippen LogP contribution >= 0.6 is 22.9 Å². The van der Waals surface area contributed by atoms with Gasteiger partial charge in [0, 0.05) is 44.8 Å². The van der Waals surface area contributed by atoms with E-state index >= 15 is 0 Å². The van der Waals surface area contributed by atoms with Gasteiger partial charge in [0.15, 0.2) is 0 Å². The zero-order chi connectivity index (χ0) is 14.7. The highest BCUT2D eigenvalue weighted by atomic mass is 35.5. The third-order valence-corrected chi connectivity index (χ3v) is 5.59. The number of benzene rings is 1. The van der Waals surface area contributed by atoms with E-state index in [9.17, 15) is 4.21 Å². The molecule has 0 unspecified atom stereocenters. The Labute approximate surface area is 131 Å². The minimum atomic E-state index is -0.916. The van der Waals surface area contributed by atoms with Crippen molar-refractivity contribution < 1.29 is 4.21 Å². The van der Waals surface area contributed by atoms with Crippen LogP contribution in [-0.2, 0) is 17.3 Å². The van der Waals surface area contributed by atoms with Crippen LogP contribution in [0.15, 0.2) is 40.6 Å². The molecule has 0 aliphatic heterocycles. The highest BCUT2D eigenvalue weighted by molar-refractivity contribution is 7.84. The third-order valence-electron chi connectivity index (χ3n) is 3.38. The Hall–Kier alpha value is -0.680. The van der Waals surface area contributed by atoms with Gasteiger partial charge in [-0.25, -0.2) is 0 Å². The average molecular weight is 328 g/mol. The summed E-state index contributed by atoms with van der Waals surface area (Å²) >= 11 is 7.63. The summed E-state index contributed by atoms with van der Waals surface area (Å²) in [5.74, 6) is 0. The average Bonchev–Trinajstić information content (AvgIpc) is 2.83. The van der Waals surface area contributed by atoms with Gasteiger partial charge in [0.1, 0.15) is 0 Å². The quantitative estimate of drug-likeness (QED) is 0.814. The molecule has 108 valence electrons. The lowest BCUT2D eigenvalue weighted by atomic mass is 10.1. The second-order valence-electron chi connectivity index (χ2n) is 4.85. The Morgan fingerprint density at radius 1 is 1.35 bits per heavy atom. The van der Waals surface area contributed by atoms with E-state index in [0.717, 1.165) is 16.5 Å². The maximum Gasteiger partial charge on any atom is 0.0516 e. The second-order valence-corrected chi connectivity index (χ2v) is 7.66. The maximum absolute atomic E-state index is 11.4. The van der Waals surface area contributed by atoms with E-state index in [-0.39, 0.29) is 0 Å². The topological polar surface area (TPSA) is 20.3 Å². The first-order valence-corrected chi connectivity index (χ1v) is 9.15. The van der Waals surface area contributed by atoms with Crippen molar-refractivity contribution in [2.75, 3.05) is 13.3 Å². The van der Waals surface area contributed by atoms with Crippen molar-refractivity contribution in [2.24, 2.45) is 0 Å². The first-order valence-electron chi connectivity index (χ1n) is 6.34. The number of thiophene rings is 1. The molecule has 2 nitrogen and oxygen atoms in total. The second kappa shape index (κ2) is 6.85. The Balaban J connectivity index is 2.05. The van der Waals surface area contributed by atoms with Crippen molar-refractivity contribution in [3.05, 3.63) is 51.2 Å². The van der Waals surface area contributed by atoms with Gasteiger partial charge in [-0.15, -0.1) is 11.3 Å². The van der Waals surface area contributed by atoms with Crippen LogP contribution in [0.4, 0.5) is 0 Å². The summed E-state index contributed by atoms with van der Waals surface area (Å²) in [6.07, 6.45) is 1.70. The molecule has 0 bridgehead atoms. The SMILES string of the molecule is C[C@@H](c1ccc([S@@](C)=O)cc1)N(C)Cc1cc(Cl)cs1. The van der Waals surface area contributed by atoms with Gasteiger partial charge in [0.2, 0.25) is 0 Å². The fourth-order valence-electron chi connectivity index (χ4n) is 2.01. The molecule has 1 aromatic heterocycles. The molecular weight excluding hydrogens is 310 g/mol. The standard InChI is InChI=1S/C15H18ClNOS2/c1-11(12-4-6-15(7-5-12)20(3)18)17(2)9-14-8-13(16)10-19-14/h4-8,10-11H,9H2,1-3H3/t11-,20+/m0/s1. The number of hydrogen-bond acceptors (Lipinski definition) is 3. The van der Waals surface area contributed by atoms with Crippen LogP contribution in [0.25, 0.3) is 0 Å². The van der Waals surface area contributed by atoms with Crippen molar-refractivity contribution >= 4 is 33.7 Å². The first kappa shape index (κ1) is 15.7. The van der Waals surface area contributed by atoms with E-state index < -0.39 is 10.8 Å².